The number of amides is 2. The number of hydrogen-bond acceptors (Lipinski definition) is 6. The van der Waals surface area contributed by atoms with Gasteiger partial charge in [-0.25, -0.2) is 0 Å². The number of methoxy groups -OCH3 is 1. The highest BCUT2D eigenvalue weighted by molar-refractivity contribution is 8.27. The quantitative estimate of drug-likeness (QED) is 0.256. The highest BCUT2D eigenvalue weighted by Crippen LogP contribution is 2.37. The van der Waals surface area contributed by atoms with Gasteiger partial charge in [0.05, 0.1) is 17.7 Å². The molecule has 0 saturated carbocycles. The van der Waals surface area contributed by atoms with Crippen molar-refractivity contribution in [1.29, 1.82) is 0 Å². The summed E-state index contributed by atoms with van der Waals surface area (Å²) >= 11 is 18.7. The lowest BCUT2D eigenvalue weighted by Crippen LogP contribution is -2.27. The number of hydrogen-bond donors (Lipinski definition) is 1. The summed E-state index contributed by atoms with van der Waals surface area (Å²) < 4.78 is 11.5. The number of rotatable bonds is 7. The minimum absolute atomic E-state index is 0.221. The third-order valence-corrected chi connectivity index (χ3v) is 7.14. The molecule has 1 saturated heterocycles. The molecule has 1 N–H and O–H groups in total. The summed E-state index contributed by atoms with van der Waals surface area (Å²) in [7, 11) is 1.50. The lowest BCUT2D eigenvalue weighted by Gasteiger charge is -2.14. The van der Waals surface area contributed by atoms with E-state index in [-0.39, 0.29) is 18.4 Å². The van der Waals surface area contributed by atoms with E-state index in [1.54, 1.807) is 60.7 Å². The molecular formula is C26H20Cl2N2O4S2. The van der Waals surface area contributed by atoms with E-state index in [2.05, 4.69) is 5.32 Å². The maximum atomic E-state index is 13.0. The molecule has 184 valence electrons. The molecule has 0 bridgehead atoms. The number of nitrogens with one attached hydrogen (secondary N) is 1. The van der Waals surface area contributed by atoms with Crippen LogP contribution >= 0.6 is 47.2 Å². The van der Waals surface area contributed by atoms with Gasteiger partial charge in [0.15, 0.2) is 22.4 Å². The average Bonchev–Trinajstić information content (AvgIpc) is 3.13. The summed E-state index contributed by atoms with van der Waals surface area (Å²) in [6.07, 6.45) is 1.73. The Bertz CT molecular complexity index is 1380. The van der Waals surface area contributed by atoms with Crippen LogP contribution in [0.2, 0.25) is 10.0 Å². The maximum absolute atomic E-state index is 13.0. The van der Waals surface area contributed by atoms with Crippen LogP contribution < -0.4 is 19.7 Å². The minimum Gasteiger partial charge on any atom is -0.493 e. The van der Waals surface area contributed by atoms with Crippen molar-refractivity contribution in [3.8, 4) is 11.5 Å². The van der Waals surface area contributed by atoms with E-state index in [1.807, 2.05) is 13.0 Å². The van der Waals surface area contributed by atoms with Gasteiger partial charge in [0.25, 0.3) is 11.8 Å². The number of carbonyl (C=O) groups is 2. The standard InChI is InChI=1S/C26H20Cl2N2O4S2/c1-15-3-7-18(13-20(15)28)29-24(31)14-34-21-10-4-16(11-22(21)33-2)12-23-25(32)30(26(35)36-23)19-8-5-17(27)6-9-19/h3-13H,14H2,1-2H3,(H,29,31)/b23-12-. The van der Waals surface area contributed by atoms with Crippen LogP contribution in [0.5, 0.6) is 11.5 Å². The lowest BCUT2D eigenvalue weighted by atomic mass is 10.2. The predicted molar refractivity (Wildman–Crippen MR) is 150 cm³/mol. The van der Waals surface area contributed by atoms with E-state index in [1.165, 1.54) is 23.8 Å². The van der Waals surface area contributed by atoms with E-state index in [9.17, 15) is 9.59 Å². The van der Waals surface area contributed by atoms with Gasteiger partial charge in [-0.1, -0.05) is 59.3 Å². The molecule has 0 aromatic heterocycles. The molecule has 0 unspecified atom stereocenters. The second kappa shape index (κ2) is 11.3. The van der Waals surface area contributed by atoms with Gasteiger partial charge in [0, 0.05) is 15.7 Å². The monoisotopic (exact) mass is 558 g/mol. The van der Waals surface area contributed by atoms with E-state index in [0.717, 1.165) is 11.1 Å². The summed E-state index contributed by atoms with van der Waals surface area (Å²) in [4.78, 5) is 27.3. The zero-order chi connectivity index (χ0) is 25.8. The fourth-order valence-corrected chi connectivity index (χ4v) is 4.94. The Morgan fingerprint density at radius 1 is 1.08 bits per heavy atom. The first kappa shape index (κ1) is 26.0. The topological polar surface area (TPSA) is 67.9 Å². The molecule has 0 spiro atoms. The fraction of sp³-hybridized carbons (Fsp3) is 0.115. The number of nitrogens with zero attached hydrogens (tertiary/aromatic N) is 1. The highest BCUT2D eigenvalue weighted by Gasteiger charge is 2.33. The molecule has 1 aliphatic rings. The molecular weight excluding hydrogens is 539 g/mol. The van der Waals surface area contributed by atoms with E-state index in [4.69, 9.17) is 44.9 Å². The van der Waals surface area contributed by atoms with Crippen molar-refractivity contribution in [2.75, 3.05) is 23.9 Å². The lowest BCUT2D eigenvalue weighted by molar-refractivity contribution is -0.118. The first-order chi connectivity index (χ1) is 17.2. The molecule has 1 aliphatic heterocycles. The summed E-state index contributed by atoms with van der Waals surface area (Å²) in [5, 5.41) is 3.88. The Hall–Kier alpha value is -3.04. The van der Waals surface area contributed by atoms with Gasteiger partial charge in [-0.05, 0) is 72.7 Å². The average molecular weight is 559 g/mol. The van der Waals surface area contributed by atoms with Crippen LogP contribution in [0.4, 0.5) is 11.4 Å². The van der Waals surface area contributed by atoms with Gasteiger partial charge in [0.2, 0.25) is 0 Å². The summed E-state index contributed by atoms with van der Waals surface area (Å²) in [5.74, 6) is 0.245. The largest absolute Gasteiger partial charge is 0.493 e. The summed E-state index contributed by atoms with van der Waals surface area (Å²) in [6.45, 7) is 1.66. The molecule has 10 heteroatoms. The Morgan fingerprint density at radius 3 is 2.53 bits per heavy atom. The zero-order valence-electron chi connectivity index (χ0n) is 19.2. The van der Waals surface area contributed by atoms with Gasteiger partial charge < -0.3 is 14.8 Å². The van der Waals surface area contributed by atoms with E-state index < -0.39 is 0 Å². The van der Waals surface area contributed by atoms with Crippen molar-refractivity contribution in [3.05, 3.63) is 86.7 Å². The van der Waals surface area contributed by atoms with Gasteiger partial charge in [-0.2, -0.15) is 0 Å². The van der Waals surface area contributed by atoms with Crippen LogP contribution in [0.25, 0.3) is 6.08 Å². The maximum Gasteiger partial charge on any atom is 0.270 e. The number of thiocarbonyl (C=S) groups is 1. The molecule has 4 rings (SSSR count). The van der Waals surface area contributed by atoms with Crippen molar-refractivity contribution in [3.63, 3.8) is 0 Å². The Morgan fingerprint density at radius 2 is 1.83 bits per heavy atom. The van der Waals surface area contributed by atoms with Crippen LogP contribution in [0.1, 0.15) is 11.1 Å². The Kier molecular flexibility index (Phi) is 8.21. The molecule has 0 atom stereocenters. The number of carbonyl (C=O) groups excluding carboxylic acids is 2. The van der Waals surface area contributed by atoms with Crippen LogP contribution in [0.15, 0.2) is 65.6 Å². The highest BCUT2D eigenvalue weighted by atomic mass is 35.5. The molecule has 6 nitrogen and oxygen atoms in total. The Labute approximate surface area is 228 Å². The predicted octanol–water partition coefficient (Wildman–Crippen LogP) is 6.73. The molecule has 1 heterocycles. The SMILES string of the molecule is COc1cc(/C=C2\SC(=S)N(c3ccc(Cl)cc3)C2=O)ccc1OCC(=O)Nc1ccc(C)c(Cl)c1. The van der Waals surface area contributed by atoms with Gasteiger partial charge in [-0.15, -0.1) is 0 Å². The molecule has 0 radical (unpaired) electrons. The second-order valence-electron chi connectivity index (χ2n) is 7.70. The van der Waals surface area contributed by atoms with Gasteiger partial charge >= 0.3 is 0 Å². The number of benzene rings is 3. The molecule has 1 fully saturated rings. The van der Waals surface area contributed by atoms with Gasteiger partial charge in [-0.3, -0.25) is 14.5 Å². The number of anilines is 2. The van der Waals surface area contributed by atoms with E-state index >= 15 is 0 Å². The summed E-state index contributed by atoms with van der Waals surface area (Å²) in [5.41, 5.74) is 2.87. The van der Waals surface area contributed by atoms with Crippen LogP contribution in [0, 0.1) is 6.92 Å². The molecule has 3 aromatic carbocycles. The molecule has 3 aromatic rings. The second-order valence-corrected chi connectivity index (χ2v) is 10.2. The molecule has 0 aliphatic carbocycles. The van der Waals surface area contributed by atoms with Gasteiger partial charge in [0.1, 0.15) is 0 Å². The van der Waals surface area contributed by atoms with E-state index in [0.29, 0.717) is 42.1 Å². The Balaban J connectivity index is 1.44. The number of halogens is 2. The van der Waals surface area contributed by atoms with Crippen molar-refractivity contribution < 1.29 is 19.1 Å². The van der Waals surface area contributed by atoms with Crippen LogP contribution in [-0.4, -0.2) is 29.9 Å². The first-order valence-corrected chi connectivity index (χ1v) is 12.6. The summed E-state index contributed by atoms with van der Waals surface area (Å²) in [6, 6.07) is 17.3. The zero-order valence-corrected chi connectivity index (χ0v) is 22.4. The minimum atomic E-state index is -0.341. The van der Waals surface area contributed by atoms with Crippen LogP contribution in [0.3, 0.4) is 0 Å². The van der Waals surface area contributed by atoms with Crippen molar-refractivity contribution >= 4 is 80.8 Å². The van der Waals surface area contributed by atoms with Crippen LogP contribution in [-0.2, 0) is 9.59 Å². The molecule has 2 amide bonds. The van der Waals surface area contributed by atoms with Crippen molar-refractivity contribution in [2.24, 2.45) is 0 Å². The number of aryl methyl sites for hydroxylation is 1. The van der Waals surface area contributed by atoms with Crippen molar-refractivity contribution in [1.82, 2.24) is 0 Å². The normalized spacial score (nSPS) is 14.3. The molecule has 36 heavy (non-hydrogen) atoms. The van der Waals surface area contributed by atoms with Crippen molar-refractivity contribution in [2.45, 2.75) is 6.92 Å². The smallest absolute Gasteiger partial charge is 0.270 e. The fourth-order valence-electron chi connectivity index (χ4n) is 3.34. The third-order valence-electron chi connectivity index (χ3n) is 5.18. The third kappa shape index (κ3) is 6.02. The number of thioether (sulfide) groups is 1. The first-order valence-electron chi connectivity index (χ1n) is 10.7. The number of ether oxygens (including phenoxy) is 2.